The van der Waals surface area contributed by atoms with E-state index < -0.39 is 5.97 Å². The number of aliphatic carboxylic acids is 1. The van der Waals surface area contributed by atoms with E-state index in [1.165, 1.54) is 12.5 Å². The molecule has 0 aliphatic heterocycles. The minimum atomic E-state index is -0.840. The largest absolute Gasteiger partial charge is 0.478 e. The van der Waals surface area contributed by atoms with Crippen LogP contribution in [0.15, 0.2) is 24.3 Å². The van der Waals surface area contributed by atoms with Crippen LogP contribution >= 0.6 is 0 Å². The van der Waals surface area contributed by atoms with E-state index in [9.17, 15) is 4.79 Å². The van der Waals surface area contributed by atoms with Gasteiger partial charge in [-0.05, 0) is 25.2 Å². The first-order valence-corrected chi connectivity index (χ1v) is 4.32. The van der Waals surface area contributed by atoms with Crippen molar-refractivity contribution in [2.45, 2.75) is 19.3 Å². The van der Waals surface area contributed by atoms with Gasteiger partial charge in [-0.3, -0.25) is 0 Å². The second-order valence-corrected chi connectivity index (χ2v) is 3.77. The topological polar surface area (TPSA) is 37.3 Å². The predicted molar refractivity (Wildman–Crippen MR) is 45.7 cm³/mol. The van der Waals surface area contributed by atoms with Gasteiger partial charge in [-0.25, -0.2) is 4.79 Å². The molecule has 2 rings (SSSR count). The smallest absolute Gasteiger partial charge is 0.328 e. The maximum absolute atomic E-state index is 10.3. The Morgan fingerprint density at radius 1 is 1.67 bits per heavy atom. The molecule has 1 saturated carbocycles. The Kier molecular flexibility index (Phi) is 1.56. The third-order valence-electron chi connectivity index (χ3n) is 2.88. The zero-order valence-electron chi connectivity index (χ0n) is 6.86. The summed E-state index contributed by atoms with van der Waals surface area (Å²) in [5.41, 5.74) is 0.100. The highest BCUT2D eigenvalue weighted by molar-refractivity contribution is 5.80. The summed E-state index contributed by atoms with van der Waals surface area (Å²) in [6.07, 6.45) is 11.0. The van der Waals surface area contributed by atoms with Gasteiger partial charge in [-0.15, -0.1) is 0 Å². The summed E-state index contributed by atoms with van der Waals surface area (Å²) < 4.78 is 0. The van der Waals surface area contributed by atoms with Crippen molar-refractivity contribution in [1.82, 2.24) is 0 Å². The first-order chi connectivity index (χ1) is 5.70. The Labute approximate surface area is 71.6 Å². The van der Waals surface area contributed by atoms with Crippen LogP contribution in [0.25, 0.3) is 0 Å². The van der Waals surface area contributed by atoms with Gasteiger partial charge in [0.25, 0.3) is 0 Å². The normalized spacial score (nSPS) is 38.2. The SMILES string of the molecule is O=C(O)/C=C/C12C=CC(CC1)C2. The zero-order valence-corrected chi connectivity index (χ0v) is 6.86. The van der Waals surface area contributed by atoms with Crippen molar-refractivity contribution in [2.75, 3.05) is 0 Å². The number of fused-ring (bicyclic) bond motifs is 2. The lowest BCUT2D eigenvalue weighted by molar-refractivity contribution is -0.131. The fourth-order valence-electron chi connectivity index (χ4n) is 2.23. The van der Waals surface area contributed by atoms with E-state index in [2.05, 4.69) is 12.2 Å². The summed E-state index contributed by atoms with van der Waals surface area (Å²) in [4.78, 5) is 10.3. The molecule has 0 spiro atoms. The Hall–Kier alpha value is -1.05. The van der Waals surface area contributed by atoms with Crippen molar-refractivity contribution in [3.8, 4) is 0 Å². The van der Waals surface area contributed by atoms with Crippen LogP contribution in [0.4, 0.5) is 0 Å². The number of rotatable bonds is 2. The molecule has 0 aromatic carbocycles. The third-order valence-corrected chi connectivity index (χ3v) is 2.88. The van der Waals surface area contributed by atoms with E-state index in [0.29, 0.717) is 5.92 Å². The molecule has 1 fully saturated rings. The molecule has 1 N–H and O–H groups in total. The summed E-state index contributed by atoms with van der Waals surface area (Å²) in [6, 6.07) is 0. The maximum Gasteiger partial charge on any atom is 0.328 e. The summed E-state index contributed by atoms with van der Waals surface area (Å²) in [7, 11) is 0. The number of carbonyl (C=O) groups is 1. The molecule has 0 heterocycles. The second-order valence-electron chi connectivity index (χ2n) is 3.77. The minimum Gasteiger partial charge on any atom is -0.478 e. The highest BCUT2D eigenvalue weighted by Crippen LogP contribution is 2.49. The summed E-state index contributed by atoms with van der Waals surface area (Å²) in [6.45, 7) is 0. The Bertz CT molecular complexity index is 265. The molecule has 0 amide bonds. The van der Waals surface area contributed by atoms with Crippen molar-refractivity contribution in [3.63, 3.8) is 0 Å². The monoisotopic (exact) mass is 164 g/mol. The molecular formula is C10H12O2. The van der Waals surface area contributed by atoms with E-state index in [0.717, 1.165) is 12.8 Å². The molecule has 12 heavy (non-hydrogen) atoms. The lowest BCUT2D eigenvalue weighted by atomic mass is 9.87. The molecule has 2 bridgehead atoms. The van der Waals surface area contributed by atoms with Gasteiger partial charge < -0.3 is 5.11 Å². The van der Waals surface area contributed by atoms with Crippen LogP contribution in [0.1, 0.15) is 19.3 Å². The van der Waals surface area contributed by atoms with E-state index in [-0.39, 0.29) is 5.41 Å². The van der Waals surface area contributed by atoms with Crippen LogP contribution in [0.3, 0.4) is 0 Å². The average molecular weight is 164 g/mol. The highest BCUT2D eigenvalue weighted by atomic mass is 16.4. The van der Waals surface area contributed by atoms with Gasteiger partial charge >= 0.3 is 5.97 Å². The molecule has 2 heteroatoms. The van der Waals surface area contributed by atoms with Crippen LogP contribution in [0, 0.1) is 11.3 Å². The van der Waals surface area contributed by atoms with Crippen molar-refractivity contribution in [1.29, 1.82) is 0 Å². The average Bonchev–Trinajstić information content (AvgIpc) is 2.60. The predicted octanol–water partition coefficient (Wildman–Crippen LogP) is 1.98. The molecule has 2 unspecified atom stereocenters. The van der Waals surface area contributed by atoms with Crippen LogP contribution in [0.2, 0.25) is 0 Å². The molecule has 0 radical (unpaired) electrons. The highest BCUT2D eigenvalue weighted by Gasteiger charge is 2.38. The molecule has 2 nitrogen and oxygen atoms in total. The van der Waals surface area contributed by atoms with Gasteiger partial charge in [0, 0.05) is 11.5 Å². The second kappa shape index (κ2) is 2.47. The quantitative estimate of drug-likeness (QED) is 0.500. The van der Waals surface area contributed by atoms with Gasteiger partial charge in [0.05, 0.1) is 0 Å². The van der Waals surface area contributed by atoms with Crippen LogP contribution in [-0.2, 0) is 4.79 Å². The Morgan fingerprint density at radius 2 is 2.50 bits per heavy atom. The van der Waals surface area contributed by atoms with Gasteiger partial charge in [-0.2, -0.15) is 0 Å². The van der Waals surface area contributed by atoms with Crippen molar-refractivity contribution in [3.05, 3.63) is 24.3 Å². The third kappa shape index (κ3) is 1.17. The fraction of sp³-hybridized carbons (Fsp3) is 0.500. The number of hydrogen-bond donors (Lipinski definition) is 1. The number of carboxylic acid groups (broad SMARTS) is 1. The molecule has 0 aromatic heterocycles. The number of hydrogen-bond acceptors (Lipinski definition) is 1. The van der Waals surface area contributed by atoms with Gasteiger partial charge in [0.15, 0.2) is 0 Å². The van der Waals surface area contributed by atoms with E-state index in [1.54, 1.807) is 0 Å². The lowest BCUT2D eigenvalue weighted by Gasteiger charge is -2.17. The minimum absolute atomic E-state index is 0.100. The van der Waals surface area contributed by atoms with Crippen LogP contribution in [-0.4, -0.2) is 11.1 Å². The number of carboxylic acids is 1. The molecule has 0 aromatic rings. The maximum atomic E-state index is 10.3. The summed E-state index contributed by atoms with van der Waals surface area (Å²) in [5.74, 6) is -0.128. The zero-order chi connectivity index (χ0) is 8.60. The molecule has 64 valence electrons. The van der Waals surface area contributed by atoms with Crippen LogP contribution in [0.5, 0.6) is 0 Å². The van der Waals surface area contributed by atoms with E-state index in [4.69, 9.17) is 5.11 Å². The summed E-state index contributed by atoms with van der Waals surface area (Å²) in [5, 5.41) is 8.49. The molecule has 2 atom stereocenters. The first kappa shape index (κ1) is 7.59. The van der Waals surface area contributed by atoms with E-state index in [1.807, 2.05) is 6.08 Å². The van der Waals surface area contributed by atoms with Crippen LogP contribution < -0.4 is 0 Å². The van der Waals surface area contributed by atoms with Gasteiger partial charge in [-0.1, -0.05) is 18.2 Å². The van der Waals surface area contributed by atoms with Gasteiger partial charge in [0.2, 0.25) is 0 Å². The van der Waals surface area contributed by atoms with Crippen molar-refractivity contribution in [2.24, 2.45) is 11.3 Å². The number of allylic oxidation sites excluding steroid dienone is 3. The Morgan fingerprint density at radius 3 is 2.92 bits per heavy atom. The molecule has 2 aliphatic carbocycles. The van der Waals surface area contributed by atoms with Gasteiger partial charge in [0.1, 0.15) is 0 Å². The summed E-state index contributed by atoms with van der Waals surface area (Å²) >= 11 is 0. The first-order valence-electron chi connectivity index (χ1n) is 4.32. The fourth-order valence-corrected chi connectivity index (χ4v) is 2.23. The van der Waals surface area contributed by atoms with E-state index >= 15 is 0 Å². The standard InChI is InChI=1S/C10H12O2/c11-9(12)3-6-10-4-1-8(7-10)2-5-10/h1,3-4,6,8H,2,5,7H2,(H,11,12)/b6-3+. The van der Waals surface area contributed by atoms with Crippen molar-refractivity contribution >= 4 is 5.97 Å². The van der Waals surface area contributed by atoms with Crippen molar-refractivity contribution < 1.29 is 9.90 Å². The molecule has 2 aliphatic rings. The molecular weight excluding hydrogens is 152 g/mol. The lowest BCUT2D eigenvalue weighted by Crippen LogP contribution is -2.07. The Balaban J connectivity index is 2.13. The molecule has 0 saturated heterocycles.